The number of nitrogens with one attached hydrogen (secondary N) is 1. The maximum absolute atomic E-state index is 11.3. The van der Waals surface area contributed by atoms with Crippen LogP contribution in [-0.2, 0) is 9.53 Å². The van der Waals surface area contributed by atoms with Gasteiger partial charge in [0.25, 0.3) is 0 Å². The second kappa shape index (κ2) is 9.49. The van der Waals surface area contributed by atoms with Gasteiger partial charge in [0.1, 0.15) is 5.75 Å². The number of aromatic nitrogens is 2. The first-order valence-corrected chi connectivity index (χ1v) is 9.61. The average molecular weight is 397 g/mol. The molecule has 0 aliphatic carbocycles. The van der Waals surface area contributed by atoms with Gasteiger partial charge in [0, 0.05) is 44.4 Å². The molecule has 1 amide bonds. The van der Waals surface area contributed by atoms with Crippen LogP contribution in [-0.4, -0.2) is 60.6 Å². The van der Waals surface area contributed by atoms with Crippen molar-refractivity contribution in [3.63, 3.8) is 0 Å². The van der Waals surface area contributed by atoms with Crippen LogP contribution in [0.4, 0.5) is 5.82 Å². The van der Waals surface area contributed by atoms with E-state index in [1.54, 1.807) is 25.3 Å². The van der Waals surface area contributed by atoms with E-state index in [0.717, 1.165) is 18.7 Å². The second-order valence-electron chi connectivity index (χ2n) is 7.13. The molecule has 0 spiro atoms. The van der Waals surface area contributed by atoms with Crippen molar-refractivity contribution < 1.29 is 14.6 Å². The smallest absolute Gasteiger partial charge is 0.243 e. The summed E-state index contributed by atoms with van der Waals surface area (Å²) >= 11 is 0. The molecule has 0 saturated carbocycles. The highest BCUT2D eigenvalue weighted by Gasteiger charge is 2.23. The fourth-order valence-electron chi connectivity index (χ4n) is 3.31. The van der Waals surface area contributed by atoms with Gasteiger partial charge < -0.3 is 25.8 Å². The normalized spacial score (nSPS) is 19.7. The molecule has 2 atom stereocenters. The Labute approximate surface area is 170 Å². The highest BCUT2D eigenvalue weighted by atomic mass is 16.5. The zero-order chi connectivity index (χ0) is 20.8. The lowest BCUT2D eigenvalue weighted by Crippen LogP contribution is -2.37. The molecule has 1 aliphatic rings. The average Bonchev–Trinajstić information content (AvgIpc) is 2.96. The minimum absolute atomic E-state index is 0.0186. The van der Waals surface area contributed by atoms with Crippen molar-refractivity contribution in [2.45, 2.75) is 24.9 Å². The zero-order valence-electron chi connectivity index (χ0n) is 16.7. The number of nitrogens with two attached hydrogens (primary N) is 1. The Bertz CT molecular complexity index is 869. The molecule has 1 aromatic heterocycles. The number of amides is 1. The largest absolute Gasteiger partial charge is 0.507 e. The van der Waals surface area contributed by atoms with Crippen molar-refractivity contribution in [3.05, 3.63) is 42.0 Å². The lowest BCUT2D eigenvalue weighted by molar-refractivity contribution is -0.115. The number of anilines is 1. The summed E-state index contributed by atoms with van der Waals surface area (Å²) in [5, 5.41) is 21.5. The first kappa shape index (κ1) is 20.8. The highest BCUT2D eigenvalue weighted by molar-refractivity contribution is 5.91. The molecule has 1 saturated heterocycles. The predicted octanol–water partition coefficient (Wildman–Crippen LogP) is 1.55. The van der Waals surface area contributed by atoms with Crippen LogP contribution >= 0.6 is 0 Å². The molecule has 154 valence electrons. The monoisotopic (exact) mass is 397 g/mol. The molecule has 29 heavy (non-hydrogen) atoms. The first-order valence-electron chi connectivity index (χ1n) is 9.61. The predicted molar refractivity (Wildman–Crippen MR) is 112 cm³/mol. The van der Waals surface area contributed by atoms with Crippen molar-refractivity contribution in [3.8, 4) is 17.0 Å². The van der Waals surface area contributed by atoms with Gasteiger partial charge in [-0.1, -0.05) is 6.07 Å². The summed E-state index contributed by atoms with van der Waals surface area (Å²) in [6, 6.07) is 9.14. The number of likely N-dealkylation sites (N-methyl/N-ethyl adjacent to an activating group) is 1. The number of benzene rings is 1. The van der Waals surface area contributed by atoms with Crippen molar-refractivity contribution in [1.82, 2.24) is 15.5 Å². The van der Waals surface area contributed by atoms with Gasteiger partial charge in [0.15, 0.2) is 5.82 Å². The summed E-state index contributed by atoms with van der Waals surface area (Å²) in [4.78, 5) is 13.4. The number of rotatable bonds is 5. The van der Waals surface area contributed by atoms with E-state index in [9.17, 15) is 9.90 Å². The minimum Gasteiger partial charge on any atom is -0.507 e. The highest BCUT2D eigenvalue weighted by Crippen LogP contribution is 2.29. The van der Waals surface area contributed by atoms with Gasteiger partial charge >= 0.3 is 0 Å². The lowest BCUT2D eigenvalue weighted by atomic mass is 10.0. The van der Waals surface area contributed by atoms with Gasteiger partial charge in [-0.05, 0) is 48.7 Å². The molecule has 4 N–H and O–H groups in total. The van der Waals surface area contributed by atoms with Gasteiger partial charge in [-0.3, -0.25) is 4.79 Å². The molecule has 2 heterocycles. The van der Waals surface area contributed by atoms with Gasteiger partial charge in [-0.25, -0.2) is 0 Å². The van der Waals surface area contributed by atoms with Crippen molar-refractivity contribution in [1.29, 1.82) is 0 Å². The van der Waals surface area contributed by atoms with Crippen LogP contribution in [0.1, 0.15) is 18.4 Å². The van der Waals surface area contributed by atoms with E-state index in [1.807, 2.05) is 25.2 Å². The van der Waals surface area contributed by atoms with E-state index in [1.165, 1.54) is 6.08 Å². The Morgan fingerprint density at radius 1 is 1.34 bits per heavy atom. The molecule has 1 fully saturated rings. The van der Waals surface area contributed by atoms with Gasteiger partial charge in [-0.2, -0.15) is 0 Å². The second-order valence-corrected chi connectivity index (χ2v) is 7.13. The zero-order valence-corrected chi connectivity index (χ0v) is 16.7. The maximum atomic E-state index is 11.3. The minimum atomic E-state index is -0.208. The maximum Gasteiger partial charge on any atom is 0.243 e. The third kappa shape index (κ3) is 5.30. The molecule has 2 aromatic rings. The summed E-state index contributed by atoms with van der Waals surface area (Å²) in [6.45, 7) is 1.27. The number of hydrogen-bond acceptors (Lipinski definition) is 7. The Kier molecular flexibility index (Phi) is 6.79. The molecular weight excluding hydrogens is 370 g/mol. The number of carbonyl (C=O) groups excluding carboxylic acids is 1. The van der Waals surface area contributed by atoms with Gasteiger partial charge in [-0.15, -0.1) is 10.2 Å². The SMILES string of the molecule is CNC(=O)/C=C/c1ccc(-c2ccc(N(C)[C@H]3CCOCC(N)C3)nn2)c(O)c1. The van der Waals surface area contributed by atoms with Crippen LogP contribution in [0.2, 0.25) is 0 Å². The van der Waals surface area contributed by atoms with E-state index in [4.69, 9.17) is 10.5 Å². The van der Waals surface area contributed by atoms with Crippen LogP contribution in [0.15, 0.2) is 36.4 Å². The van der Waals surface area contributed by atoms with E-state index >= 15 is 0 Å². The van der Waals surface area contributed by atoms with E-state index < -0.39 is 0 Å². The molecule has 1 unspecified atom stereocenters. The lowest BCUT2D eigenvalue weighted by Gasteiger charge is -2.28. The van der Waals surface area contributed by atoms with Crippen LogP contribution in [0.5, 0.6) is 5.75 Å². The number of carbonyl (C=O) groups is 1. The number of ether oxygens (including phenoxy) is 1. The fraction of sp³-hybridized carbons (Fsp3) is 0.381. The number of hydrogen-bond donors (Lipinski definition) is 3. The summed E-state index contributed by atoms with van der Waals surface area (Å²) < 4.78 is 5.52. The molecule has 0 bridgehead atoms. The Balaban J connectivity index is 1.74. The first-order chi connectivity index (χ1) is 14.0. The summed E-state index contributed by atoms with van der Waals surface area (Å²) in [5.74, 6) is 0.615. The standard InChI is InChI=1S/C21H27N5O3/c1-23-21(28)8-4-14-3-5-17(19(27)11-14)18-6-7-20(25-24-18)26(2)16-9-10-29-13-15(22)12-16/h3-8,11,15-16,27H,9-10,12-13,22H2,1-2H3,(H,23,28)/b8-4+/t15?,16-/m0/s1. The molecule has 0 radical (unpaired) electrons. The van der Waals surface area contributed by atoms with Gasteiger partial charge in [0.05, 0.1) is 12.3 Å². The Morgan fingerprint density at radius 3 is 2.86 bits per heavy atom. The van der Waals surface area contributed by atoms with Crippen LogP contribution in [0.25, 0.3) is 17.3 Å². The number of phenolic OH excluding ortho intramolecular Hbond substituents is 1. The van der Waals surface area contributed by atoms with Crippen LogP contribution < -0.4 is 16.0 Å². The van der Waals surface area contributed by atoms with E-state index in [2.05, 4.69) is 20.4 Å². The van der Waals surface area contributed by atoms with Crippen molar-refractivity contribution in [2.75, 3.05) is 32.2 Å². The Morgan fingerprint density at radius 2 is 2.17 bits per heavy atom. The van der Waals surface area contributed by atoms with E-state index in [-0.39, 0.29) is 23.7 Å². The summed E-state index contributed by atoms with van der Waals surface area (Å²) in [5.41, 5.74) is 7.94. The van der Waals surface area contributed by atoms with Crippen LogP contribution in [0, 0.1) is 0 Å². The summed E-state index contributed by atoms with van der Waals surface area (Å²) in [7, 11) is 3.54. The number of phenols is 1. The fourth-order valence-corrected chi connectivity index (χ4v) is 3.31. The molecule has 8 nitrogen and oxygen atoms in total. The van der Waals surface area contributed by atoms with Crippen LogP contribution in [0.3, 0.4) is 0 Å². The van der Waals surface area contributed by atoms with Gasteiger partial charge in [0.2, 0.25) is 5.91 Å². The number of aromatic hydroxyl groups is 1. The molecule has 1 aliphatic heterocycles. The van der Waals surface area contributed by atoms with Crippen molar-refractivity contribution in [2.24, 2.45) is 5.73 Å². The molecular formula is C21H27N5O3. The molecule has 8 heteroatoms. The summed E-state index contributed by atoms with van der Waals surface area (Å²) in [6.07, 6.45) is 4.77. The van der Waals surface area contributed by atoms with E-state index in [0.29, 0.717) is 30.0 Å². The number of nitrogens with zero attached hydrogens (tertiary/aromatic N) is 3. The molecule has 3 rings (SSSR count). The Hall–Kier alpha value is -2.97. The third-order valence-corrected chi connectivity index (χ3v) is 5.03. The molecule has 1 aromatic carbocycles. The quantitative estimate of drug-likeness (QED) is 0.656. The third-order valence-electron chi connectivity index (χ3n) is 5.03. The van der Waals surface area contributed by atoms with Crippen molar-refractivity contribution >= 4 is 17.8 Å². The topological polar surface area (TPSA) is 114 Å².